The van der Waals surface area contributed by atoms with Gasteiger partial charge in [-0.25, -0.2) is 4.98 Å². The number of benzene rings is 2. The lowest BCUT2D eigenvalue weighted by molar-refractivity contribution is -0.888. The fourth-order valence-electron chi connectivity index (χ4n) is 4.13. The maximum atomic E-state index is 12.8. The van der Waals surface area contributed by atoms with Gasteiger partial charge in [0.15, 0.2) is 6.54 Å². The Labute approximate surface area is 172 Å². The van der Waals surface area contributed by atoms with Crippen molar-refractivity contribution >= 4 is 34.0 Å². The van der Waals surface area contributed by atoms with E-state index in [1.54, 1.807) is 0 Å². The van der Waals surface area contributed by atoms with Gasteiger partial charge in [0, 0.05) is 23.2 Å². The molecule has 0 saturated carbocycles. The number of carbonyl (C=O) groups excluding carboxylic acids is 1. The van der Waals surface area contributed by atoms with E-state index in [9.17, 15) is 4.79 Å². The molecule has 0 unspecified atom stereocenters. The van der Waals surface area contributed by atoms with Crippen LogP contribution in [-0.4, -0.2) is 37.1 Å². The van der Waals surface area contributed by atoms with Crippen LogP contribution in [0.2, 0.25) is 0 Å². The van der Waals surface area contributed by atoms with Crippen molar-refractivity contribution in [1.29, 1.82) is 0 Å². The molecule has 5 nitrogen and oxygen atoms in total. The Bertz CT molecular complexity index is 1040. The number of quaternary nitrogens is 1. The Morgan fingerprint density at radius 2 is 1.93 bits per heavy atom. The first-order chi connectivity index (χ1) is 14.1. The molecule has 0 radical (unpaired) electrons. The third-order valence-electron chi connectivity index (χ3n) is 5.80. The van der Waals surface area contributed by atoms with Crippen molar-refractivity contribution in [1.82, 2.24) is 4.98 Å². The fraction of sp³-hybridized carbons (Fsp3) is 0.333. The van der Waals surface area contributed by atoms with Crippen LogP contribution in [0.25, 0.3) is 10.9 Å². The van der Waals surface area contributed by atoms with Crippen LogP contribution in [0, 0.1) is 6.92 Å². The van der Waals surface area contributed by atoms with Crippen LogP contribution in [0.5, 0.6) is 0 Å². The number of carbonyl (C=O) groups is 1. The topological polar surface area (TPSA) is 49.7 Å². The average molecular weight is 390 g/mol. The molecule has 5 heteroatoms. The number of pyridine rings is 1. The molecule has 3 aromatic rings. The molecule has 1 aromatic heterocycles. The monoisotopic (exact) mass is 389 g/mol. The quantitative estimate of drug-likeness (QED) is 0.681. The molecular formula is C24H29N4O+. The molecule has 1 aliphatic heterocycles. The number of nitrogens with zero attached hydrogens (tertiary/aromatic N) is 2. The summed E-state index contributed by atoms with van der Waals surface area (Å²) in [6, 6.07) is 16.6. The molecule has 2 heterocycles. The van der Waals surface area contributed by atoms with Crippen molar-refractivity contribution in [3.05, 3.63) is 59.7 Å². The molecule has 2 N–H and O–H groups in total. The number of aryl methyl sites for hydroxylation is 1. The van der Waals surface area contributed by atoms with Crippen LogP contribution < -0.4 is 15.1 Å². The molecule has 0 aliphatic carbocycles. The van der Waals surface area contributed by atoms with Crippen molar-refractivity contribution in [2.24, 2.45) is 0 Å². The van der Waals surface area contributed by atoms with E-state index in [0.29, 0.717) is 6.54 Å². The highest BCUT2D eigenvalue weighted by Gasteiger charge is 2.27. The van der Waals surface area contributed by atoms with Gasteiger partial charge in [-0.2, -0.15) is 0 Å². The van der Waals surface area contributed by atoms with Crippen molar-refractivity contribution in [2.45, 2.75) is 27.2 Å². The number of aromatic nitrogens is 1. The highest BCUT2D eigenvalue weighted by molar-refractivity contribution is 6.04. The van der Waals surface area contributed by atoms with Crippen LogP contribution in [-0.2, 0) is 11.2 Å². The zero-order valence-electron chi connectivity index (χ0n) is 17.5. The van der Waals surface area contributed by atoms with E-state index in [1.165, 1.54) is 10.5 Å². The van der Waals surface area contributed by atoms with Gasteiger partial charge in [-0.1, -0.05) is 30.3 Å². The van der Waals surface area contributed by atoms with Gasteiger partial charge in [-0.15, -0.1) is 0 Å². The minimum atomic E-state index is 0.0660. The smallest absolute Gasteiger partial charge is 0.279 e. The second-order valence-electron chi connectivity index (χ2n) is 7.73. The summed E-state index contributed by atoms with van der Waals surface area (Å²) < 4.78 is 0. The molecule has 0 fully saturated rings. The van der Waals surface area contributed by atoms with Crippen molar-refractivity contribution in [3.8, 4) is 0 Å². The largest absolute Gasteiger partial charge is 0.328 e. The van der Waals surface area contributed by atoms with E-state index in [-0.39, 0.29) is 5.91 Å². The van der Waals surface area contributed by atoms with E-state index in [0.717, 1.165) is 59.7 Å². The zero-order chi connectivity index (χ0) is 20.4. The Morgan fingerprint density at radius 1 is 1.14 bits per heavy atom. The Kier molecular flexibility index (Phi) is 5.49. The first kappa shape index (κ1) is 19.4. The first-order valence-electron chi connectivity index (χ1n) is 10.5. The second-order valence-corrected chi connectivity index (χ2v) is 7.73. The number of amides is 1. The summed E-state index contributed by atoms with van der Waals surface area (Å²) in [5.41, 5.74) is 5.35. The molecule has 1 aliphatic rings. The summed E-state index contributed by atoms with van der Waals surface area (Å²) in [5.74, 6) is 1.02. The lowest BCUT2D eigenvalue weighted by atomic mass is 10.1. The maximum absolute atomic E-state index is 12.8. The maximum Gasteiger partial charge on any atom is 0.279 e. The number of likely N-dealkylation sites (N-methyl/N-ethyl adjacent to an activating group) is 1. The van der Waals surface area contributed by atoms with Crippen molar-refractivity contribution in [3.63, 3.8) is 0 Å². The Balaban J connectivity index is 1.76. The highest BCUT2D eigenvalue weighted by atomic mass is 16.2. The van der Waals surface area contributed by atoms with Gasteiger partial charge in [-0.3, -0.25) is 4.79 Å². The number of rotatable bonds is 6. The van der Waals surface area contributed by atoms with Gasteiger partial charge in [-0.05, 0) is 51.0 Å². The van der Waals surface area contributed by atoms with Crippen molar-refractivity contribution < 1.29 is 9.69 Å². The van der Waals surface area contributed by atoms with Crippen molar-refractivity contribution in [2.75, 3.05) is 36.4 Å². The SMILES string of the molecule is CC[NH+](CC)CC(=O)Nc1c2c(nc3ccccc13)N(c1cccc(C)c1)CC2. The lowest BCUT2D eigenvalue weighted by Crippen LogP contribution is -3.12. The Hall–Kier alpha value is -2.92. The normalized spacial score (nSPS) is 13.2. The van der Waals surface area contributed by atoms with E-state index in [4.69, 9.17) is 4.98 Å². The molecule has 0 bridgehead atoms. The summed E-state index contributed by atoms with van der Waals surface area (Å²) in [4.78, 5) is 21.3. The average Bonchev–Trinajstić information content (AvgIpc) is 3.15. The highest BCUT2D eigenvalue weighted by Crippen LogP contribution is 2.40. The second kappa shape index (κ2) is 8.21. The molecule has 2 aromatic carbocycles. The molecule has 0 spiro atoms. The summed E-state index contributed by atoms with van der Waals surface area (Å²) in [5, 5.41) is 4.26. The van der Waals surface area contributed by atoms with Crippen LogP contribution in [0.3, 0.4) is 0 Å². The summed E-state index contributed by atoms with van der Waals surface area (Å²) in [6.07, 6.45) is 0.870. The number of fused-ring (bicyclic) bond motifs is 2. The fourth-order valence-corrected chi connectivity index (χ4v) is 4.13. The molecule has 4 rings (SSSR count). The molecule has 0 saturated heterocycles. The molecule has 29 heavy (non-hydrogen) atoms. The molecule has 1 amide bonds. The van der Waals surface area contributed by atoms with Gasteiger partial charge in [0.2, 0.25) is 0 Å². The number of anilines is 3. The van der Waals surface area contributed by atoms with E-state index in [2.05, 4.69) is 61.3 Å². The summed E-state index contributed by atoms with van der Waals surface area (Å²) >= 11 is 0. The molecule has 150 valence electrons. The van der Waals surface area contributed by atoms with Gasteiger partial charge in [0.1, 0.15) is 5.82 Å². The molecule has 0 atom stereocenters. The zero-order valence-corrected chi connectivity index (χ0v) is 17.5. The number of hydrogen-bond donors (Lipinski definition) is 2. The predicted molar refractivity (Wildman–Crippen MR) is 119 cm³/mol. The number of hydrogen-bond acceptors (Lipinski definition) is 3. The predicted octanol–water partition coefficient (Wildman–Crippen LogP) is 3.10. The standard InChI is InChI=1S/C24H28N4O/c1-4-27(5-2)16-22(29)26-23-19-11-6-7-12-21(19)25-24-20(23)13-14-28(24)18-10-8-9-17(3)15-18/h6-12,15H,4-5,13-14,16H2,1-3H3,(H,25,26,29)/p+1. The van der Waals surface area contributed by atoms with E-state index < -0.39 is 0 Å². The van der Waals surface area contributed by atoms with Gasteiger partial charge >= 0.3 is 0 Å². The van der Waals surface area contributed by atoms with Gasteiger partial charge in [0.05, 0.1) is 24.3 Å². The third kappa shape index (κ3) is 3.83. The lowest BCUT2D eigenvalue weighted by Gasteiger charge is -2.21. The molecular weight excluding hydrogens is 360 g/mol. The minimum absolute atomic E-state index is 0.0660. The van der Waals surface area contributed by atoms with Crippen LogP contribution in [0.15, 0.2) is 48.5 Å². The third-order valence-corrected chi connectivity index (χ3v) is 5.80. The van der Waals surface area contributed by atoms with Crippen LogP contribution in [0.1, 0.15) is 25.0 Å². The van der Waals surface area contributed by atoms with E-state index in [1.807, 2.05) is 18.2 Å². The first-order valence-corrected chi connectivity index (χ1v) is 10.5. The van der Waals surface area contributed by atoms with Crippen LogP contribution in [0.4, 0.5) is 17.2 Å². The number of nitrogens with one attached hydrogen (secondary N) is 2. The van der Waals surface area contributed by atoms with Crippen LogP contribution >= 0.6 is 0 Å². The summed E-state index contributed by atoms with van der Waals surface area (Å²) in [7, 11) is 0. The Morgan fingerprint density at radius 3 is 2.69 bits per heavy atom. The van der Waals surface area contributed by atoms with Gasteiger partial charge in [0.25, 0.3) is 5.91 Å². The van der Waals surface area contributed by atoms with E-state index >= 15 is 0 Å². The van der Waals surface area contributed by atoms with Gasteiger partial charge < -0.3 is 15.1 Å². The number of para-hydroxylation sites is 1. The summed E-state index contributed by atoms with van der Waals surface area (Å²) in [6.45, 7) is 9.58. The minimum Gasteiger partial charge on any atom is -0.328 e.